The molecular formula is C21H23N3O4. The van der Waals surface area contributed by atoms with E-state index < -0.39 is 12.0 Å². The molecule has 0 aliphatic heterocycles. The quantitative estimate of drug-likeness (QED) is 0.662. The molecule has 1 aromatic heterocycles. The van der Waals surface area contributed by atoms with Crippen LogP contribution in [0.4, 0.5) is 0 Å². The molecule has 1 amide bonds. The van der Waals surface area contributed by atoms with Crippen molar-refractivity contribution in [2.45, 2.75) is 19.9 Å². The van der Waals surface area contributed by atoms with E-state index >= 15 is 0 Å². The summed E-state index contributed by atoms with van der Waals surface area (Å²) in [6.07, 6.45) is 0. The summed E-state index contributed by atoms with van der Waals surface area (Å²) in [5.74, 6) is -0.109. The molecule has 2 N–H and O–H groups in total. The molecule has 28 heavy (non-hydrogen) atoms. The first-order valence-corrected chi connectivity index (χ1v) is 8.96. The second-order valence-electron chi connectivity index (χ2n) is 6.96. The van der Waals surface area contributed by atoms with Crippen molar-refractivity contribution in [2.75, 3.05) is 14.2 Å². The van der Waals surface area contributed by atoms with E-state index in [4.69, 9.17) is 4.74 Å². The summed E-state index contributed by atoms with van der Waals surface area (Å²) in [6.45, 7) is 3.73. The van der Waals surface area contributed by atoms with Crippen molar-refractivity contribution in [1.82, 2.24) is 14.9 Å². The molecule has 0 radical (unpaired) electrons. The first-order valence-electron chi connectivity index (χ1n) is 8.96. The van der Waals surface area contributed by atoms with Gasteiger partial charge in [0.05, 0.1) is 18.2 Å². The van der Waals surface area contributed by atoms with Gasteiger partial charge < -0.3 is 19.7 Å². The molecule has 0 spiro atoms. The van der Waals surface area contributed by atoms with E-state index in [-0.39, 0.29) is 17.6 Å². The Morgan fingerprint density at radius 2 is 1.82 bits per heavy atom. The Bertz CT molecular complexity index is 1010. The highest BCUT2D eigenvalue weighted by Crippen LogP contribution is 2.25. The number of benzene rings is 2. The molecule has 146 valence electrons. The van der Waals surface area contributed by atoms with Crippen molar-refractivity contribution in [2.24, 2.45) is 5.92 Å². The Kier molecular flexibility index (Phi) is 5.35. The lowest BCUT2D eigenvalue weighted by atomic mass is 10.0. The van der Waals surface area contributed by atoms with Crippen LogP contribution in [0.2, 0.25) is 0 Å². The van der Waals surface area contributed by atoms with E-state index in [1.807, 2.05) is 19.9 Å². The molecule has 0 saturated carbocycles. The molecule has 1 atom stereocenters. The topological polar surface area (TPSA) is 95.5 Å². The number of esters is 1. The molecule has 0 aliphatic carbocycles. The fourth-order valence-corrected chi connectivity index (χ4v) is 3.28. The average molecular weight is 381 g/mol. The second-order valence-corrected chi connectivity index (χ2v) is 6.96. The normalized spacial score (nSPS) is 12.2. The number of ether oxygens (including phenoxy) is 1. The number of carbonyl (C=O) groups excluding carboxylic acids is 2. The van der Waals surface area contributed by atoms with Crippen LogP contribution in [0.15, 0.2) is 42.5 Å². The van der Waals surface area contributed by atoms with E-state index in [1.54, 1.807) is 43.4 Å². The lowest BCUT2D eigenvalue weighted by molar-refractivity contribution is -0.147. The number of aromatic amines is 1. The molecule has 7 nitrogen and oxygen atoms in total. The van der Waals surface area contributed by atoms with E-state index in [0.717, 1.165) is 5.56 Å². The van der Waals surface area contributed by atoms with Crippen LogP contribution in [0.25, 0.3) is 22.4 Å². The molecule has 0 saturated heterocycles. The van der Waals surface area contributed by atoms with Crippen molar-refractivity contribution in [1.29, 1.82) is 0 Å². The van der Waals surface area contributed by atoms with Crippen LogP contribution in [0.5, 0.6) is 5.75 Å². The summed E-state index contributed by atoms with van der Waals surface area (Å²) in [6, 6.07) is 11.2. The minimum Gasteiger partial charge on any atom is -0.508 e. The number of para-hydroxylation sites is 1. The number of phenolic OH excluding ortho intramolecular Hbond substituents is 1. The Labute approximate surface area is 163 Å². The van der Waals surface area contributed by atoms with Crippen molar-refractivity contribution in [3.63, 3.8) is 0 Å². The van der Waals surface area contributed by atoms with Gasteiger partial charge in [-0.3, -0.25) is 4.79 Å². The Hall–Kier alpha value is -3.35. The largest absolute Gasteiger partial charge is 0.508 e. The molecule has 1 heterocycles. The highest BCUT2D eigenvalue weighted by molar-refractivity contribution is 6.06. The van der Waals surface area contributed by atoms with Crippen LogP contribution in [-0.4, -0.2) is 52.1 Å². The number of aromatic hydroxyl groups is 1. The van der Waals surface area contributed by atoms with Gasteiger partial charge in [-0.2, -0.15) is 0 Å². The van der Waals surface area contributed by atoms with Crippen molar-refractivity contribution in [3.05, 3.63) is 48.0 Å². The number of imidazole rings is 1. The standard InChI is InChI=1S/C21H23N3O4/c1-12(2)18(21(27)28-4)24(3)20(26)15-6-5-7-16-17(15)23-19(22-16)13-8-10-14(25)11-9-13/h5-12,18,25H,1-4H3,(H,22,23)/t18-/m0/s1. The van der Waals surface area contributed by atoms with Gasteiger partial charge >= 0.3 is 5.97 Å². The van der Waals surface area contributed by atoms with E-state index in [1.165, 1.54) is 12.0 Å². The number of rotatable bonds is 5. The maximum absolute atomic E-state index is 13.1. The number of carbonyl (C=O) groups is 2. The van der Waals surface area contributed by atoms with Gasteiger partial charge in [0.2, 0.25) is 0 Å². The predicted octanol–water partition coefficient (Wildman–Crippen LogP) is 3.21. The number of H-pyrrole nitrogens is 1. The number of nitrogens with zero attached hydrogens (tertiary/aromatic N) is 2. The van der Waals surface area contributed by atoms with E-state index in [9.17, 15) is 14.7 Å². The predicted molar refractivity (Wildman–Crippen MR) is 106 cm³/mol. The summed E-state index contributed by atoms with van der Waals surface area (Å²) in [7, 11) is 2.91. The number of hydrogen-bond donors (Lipinski definition) is 2. The third-order valence-corrected chi connectivity index (χ3v) is 4.70. The molecular weight excluding hydrogens is 358 g/mol. The number of aromatic nitrogens is 2. The average Bonchev–Trinajstić information content (AvgIpc) is 3.11. The fraction of sp³-hybridized carbons (Fsp3) is 0.286. The smallest absolute Gasteiger partial charge is 0.328 e. The molecule has 3 rings (SSSR count). The summed E-state index contributed by atoms with van der Waals surface area (Å²) < 4.78 is 4.86. The maximum atomic E-state index is 13.1. The van der Waals surface area contributed by atoms with E-state index in [2.05, 4.69) is 9.97 Å². The van der Waals surface area contributed by atoms with Crippen LogP contribution in [0.1, 0.15) is 24.2 Å². The number of nitrogens with one attached hydrogen (secondary N) is 1. The monoisotopic (exact) mass is 381 g/mol. The molecule has 0 bridgehead atoms. The molecule has 2 aromatic carbocycles. The minimum absolute atomic E-state index is 0.104. The third-order valence-electron chi connectivity index (χ3n) is 4.70. The van der Waals surface area contributed by atoms with Crippen LogP contribution >= 0.6 is 0 Å². The second kappa shape index (κ2) is 7.72. The first-order chi connectivity index (χ1) is 13.3. The van der Waals surface area contributed by atoms with Crippen LogP contribution in [-0.2, 0) is 9.53 Å². The molecule has 7 heteroatoms. The number of amides is 1. The van der Waals surface area contributed by atoms with Crippen molar-refractivity contribution >= 4 is 22.9 Å². The molecule has 0 aliphatic rings. The van der Waals surface area contributed by atoms with Crippen LogP contribution in [0.3, 0.4) is 0 Å². The lowest BCUT2D eigenvalue weighted by Crippen LogP contribution is -2.46. The van der Waals surface area contributed by atoms with Gasteiger partial charge in [0.1, 0.15) is 23.1 Å². The minimum atomic E-state index is -0.691. The van der Waals surface area contributed by atoms with Crippen molar-refractivity contribution in [3.8, 4) is 17.1 Å². The summed E-state index contributed by atoms with van der Waals surface area (Å²) in [4.78, 5) is 34.5. The Balaban J connectivity index is 2.01. The number of phenols is 1. The zero-order valence-corrected chi connectivity index (χ0v) is 16.3. The van der Waals surface area contributed by atoms with Crippen LogP contribution < -0.4 is 0 Å². The highest BCUT2D eigenvalue weighted by Gasteiger charge is 2.32. The SMILES string of the molecule is COC(=O)[C@H](C(C)C)N(C)C(=O)c1cccc2[nH]c(-c3ccc(O)cc3)nc12. The Morgan fingerprint density at radius 3 is 2.43 bits per heavy atom. The maximum Gasteiger partial charge on any atom is 0.328 e. The summed E-state index contributed by atoms with van der Waals surface area (Å²) >= 11 is 0. The van der Waals surface area contributed by atoms with Gasteiger partial charge in [0, 0.05) is 12.6 Å². The zero-order valence-electron chi connectivity index (χ0n) is 16.3. The van der Waals surface area contributed by atoms with Gasteiger partial charge in [-0.25, -0.2) is 9.78 Å². The molecule has 0 unspecified atom stereocenters. The van der Waals surface area contributed by atoms with Gasteiger partial charge in [-0.05, 0) is 42.3 Å². The zero-order chi connectivity index (χ0) is 20.4. The Morgan fingerprint density at radius 1 is 1.14 bits per heavy atom. The lowest BCUT2D eigenvalue weighted by Gasteiger charge is -2.29. The fourth-order valence-electron chi connectivity index (χ4n) is 3.28. The highest BCUT2D eigenvalue weighted by atomic mass is 16.5. The van der Waals surface area contributed by atoms with Gasteiger partial charge in [0.15, 0.2) is 0 Å². The van der Waals surface area contributed by atoms with E-state index in [0.29, 0.717) is 22.4 Å². The summed E-state index contributed by atoms with van der Waals surface area (Å²) in [5.41, 5.74) is 2.42. The van der Waals surface area contributed by atoms with Gasteiger partial charge in [-0.15, -0.1) is 0 Å². The number of likely N-dealkylation sites (N-methyl/N-ethyl adjacent to an activating group) is 1. The number of hydrogen-bond acceptors (Lipinski definition) is 5. The van der Waals surface area contributed by atoms with Gasteiger partial charge in [0.25, 0.3) is 5.91 Å². The molecule has 0 fully saturated rings. The number of fused-ring (bicyclic) bond motifs is 1. The third kappa shape index (κ3) is 3.55. The first kappa shape index (κ1) is 19.4. The van der Waals surface area contributed by atoms with Crippen LogP contribution in [0, 0.1) is 5.92 Å². The van der Waals surface area contributed by atoms with Crippen molar-refractivity contribution < 1.29 is 19.4 Å². The van der Waals surface area contributed by atoms with Gasteiger partial charge in [-0.1, -0.05) is 19.9 Å². The molecule has 3 aromatic rings. The summed E-state index contributed by atoms with van der Waals surface area (Å²) in [5, 5.41) is 9.46. The number of methoxy groups -OCH3 is 1.